The Kier molecular flexibility index (Phi) is 4.33. The molecule has 0 atom stereocenters. The third-order valence-electron chi connectivity index (χ3n) is 4.56. The number of pyridine rings is 1. The molecule has 7 heteroatoms. The van der Waals surface area contributed by atoms with E-state index in [-0.39, 0.29) is 0 Å². The van der Waals surface area contributed by atoms with E-state index in [1.54, 1.807) is 24.4 Å². The molecule has 4 rings (SSSR count). The lowest BCUT2D eigenvalue weighted by atomic mass is 10.0. The van der Waals surface area contributed by atoms with Crippen molar-refractivity contribution in [1.82, 2.24) is 15.0 Å². The van der Waals surface area contributed by atoms with E-state index < -0.39 is 11.6 Å². The van der Waals surface area contributed by atoms with E-state index in [4.69, 9.17) is 5.73 Å². The van der Waals surface area contributed by atoms with Gasteiger partial charge in [-0.25, -0.2) is 9.78 Å². The molecule has 2 aromatic heterocycles. The molecule has 0 aliphatic heterocycles. The summed E-state index contributed by atoms with van der Waals surface area (Å²) in [5.41, 5.74) is 8.66. The number of H-pyrrole nitrogens is 1. The van der Waals surface area contributed by atoms with Crippen molar-refractivity contribution < 1.29 is 4.79 Å². The molecule has 28 heavy (non-hydrogen) atoms. The molecule has 4 aromatic rings. The van der Waals surface area contributed by atoms with Crippen LogP contribution in [-0.4, -0.2) is 27.9 Å². The highest BCUT2D eigenvalue weighted by Gasteiger charge is 2.12. The van der Waals surface area contributed by atoms with Gasteiger partial charge in [0, 0.05) is 24.5 Å². The fraction of sp³-hybridized carbons (Fsp3) is 0.0476. The normalized spacial score (nSPS) is 10.8. The van der Waals surface area contributed by atoms with Gasteiger partial charge in [0.25, 0.3) is 0 Å². The number of benzene rings is 2. The minimum absolute atomic E-state index is 0.445. The molecule has 0 unspecified atom stereocenters. The van der Waals surface area contributed by atoms with Gasteiger partial charge in [0.2, 0.25) is 5.91 Å². The Bertz CT molecular complexity index is 1210. The number of nitrogens with one attached hydrogen (secondary N) is 1. The Morgan fingerprint density at radius 1 is 1.00 bits per heavy atom. The minimum Gasteiger partial charge on any atom is -0.366 e. The van der Waals surface area contributed by atoms with E-state index >= 15 is 0 Å². The van der Waals surface area contributed by atoms with Crippen LogP contribution in [0.25, 0.3) is 22.2 Å². The highest BCUT2D eigenvalue weighted by atomic mass is 16.1. The Morgan fingerprint density at radius 2 is 1.64 bits per heavy atom. The van der Waals surface area contributed by atoms with Crippen molar-refractivity contribution >= 4 is 28.4 Å². The van der Waals surface area contributed by atoms with Crippen LogP contribution < -0.4 is 16.3 Å². The predicted octanol–water partition coefficient (Wildman–Crippen LogP) is 2.85. The smallest absolute Gasteiger partial charge is 0.348 e. The van der Waals surface area contributed by atoms with Crippen LogP contribution in [0, 0.1) is 0 Å². The number of anilines is 2. The molecule has 7 nitrogen and oxygen atoms in total. The van der Waals surface area contributed by atoms with Gasteiger partial charge in [-0.05, 0) is 47.5 Å². The second kappa shape index (κ2) is 6.96. The molecule has 138 valence electrons. The number of amides is 1. The van der Waals surface area contributed by atoms with Crippen LogP contribution in [-0.2, 0) is 0 Å². The molecule has 0 bridgehead atoms. The lowest BCUT2D eigenvalue weighted by Gasteiger charge is -2.19. The van der Waals surface area contributed by atoms with Gasteiger partial charge in [0.05, 0.1) is 5.39 Å². The monoisotopic (exact) mass is 371 g/mol. The van der Waals surface area contributed by atoms with Crippen molar-refractivity contribution in [3.05, 3.63) is 82.9 Å². The number of nitrogens with two attached hydrogens (primary N) is 1. The number of rotatable bonds is 4. The summed E-state index contributed by atoms with van der Waals surface area (Å²) >= 11 is 0. The van der Waals surface area contributed by atoms with E-state index in [1.165, 1.54) is 0 Å². The first-order valence-electron chi connectivity index (χ1n) is 8.62. The zero-order valence-corrected chi connectivity index (χ0v) is 15.1. The van der Waals surface area contributed by atoms with Gasteiger partial charge in [0.1, 0.15) is 11.5 Å². The third-order valence-corrected chi connectivity index (χ3v) is 4.56. The van der Waals surface area contributed by atoms with Crippen molar-refractivity contribution in [1.29, 1.82) is 0 Å². The largest absolute Gasteiger partial charge is 0.366 e. The van der Waals surface area contributed by atoms with Crippen LogP contribution in [0.2, 0.25) is 0 Å². The van der Waals surface area contributed by atoms with Gasteiger partial charge in [-0.15, -0.1) is 0 Å². The Morgan fingerprint density at radius 3 is 2.29 bits per heavy atom. The molecule has 0 saturated heterocycles. The van der Waals surface area contributed by atoms with Gasteiger partial charge in [-0.2, -0.15) is 4.98 Å². The molecule has 2 aromatic carbocycles. The zero-order chi connectivity index (χ0) is 19.7. The summed E-state index contributed by atoms with van der Waals surface area (Å²) in [5.74, 6) is 0.0843. The van der Waals surface area contributed by atoms with Crippen LogP contribution in [0.3, 0.4) is 0 Å². The fourth-order valence-corrected chi connectivity index (χ4v) is 3.05. The summed E-state index contributed by atoms with van der Waals surface area (Å²) in [7, 11) is 1.85. The predicted molar refractivity (Wildman–Crippen MR) is 109 cm³/mol. The molecule has 0 radical (unpaired) electrons. The minimum atomic E-state index is -0.449. The Hall–Kier alpha value is -4.00. The summed E-state index contributed by atoms with van der Waals surface area (Å²) in [5, 5.41) is 0.760. The molecule has 1 amide bonds. The van der Waals surface area contributed by atoms with E-state index in [1.807, 2.05) is 54.4 Å². The van der Waals surface area contributed by atoms with Crippen molar-refractivity contribution in [2.75, 3.05) is 11.9 Å². The number of carbonyl (C=O) groups is 1. The van der Waals surface area contributed by atoms with Crippen LogP contribution in [0.5, 0.6) is 0 Å². The standard InChI is InChI=1S/C21H17N5O2/c1-26(20-17-3-2-12-23-19(17)24-21(28)25-20)16-10-8-14(9-11-16)13-4-6-15(7-5-13)18(22)27/h2-12H,1H3,(H2,22,27)(H,23,24,25,28). The maximum Gasteiger partial charge on any atom is 0.348 e. The summed E-state index contributed by atoms with van der Waals surface area (Å²) < 4.78 is 0. The van der Waals surface area contributed by atoms with Gasteiger partial charge >= 0.3 is 5.69 Å². The number of carbonyl (C=O) groups excluding carboxylic acids is 1. The number of fused-ring (bicyclic) bond motifs is 1. The van der Waals surface area contributed by atoms with Gasteiger partial charge < -0.3 is 10.6 Å². The molecule has 0 fully saturated rings. The van der Waals surface area contributed by atoms with Crippen LogP contribution in [0.15, 0.2) is 71.7 Å². The summed E-state index contributed by atoms with van der Waals surface area (Å²) in [6.07, 6.45) is 1.63. The topological polar surface area (TPSA) is 105 Å². The molecular formula is C21H17N5O2. The molecular weight excluding hydrogens is 354 g/mol. The first-order chi connectivity index (χ1) is 13.5. The number of hydrogen-bond acceptors (Lipinski definition) is 5. The Balaban J connectivity index is 1.67. The average Bonchev–Trinajstić information content (AvgIpc) is 2.73. The van der Waals surface area contributed by atoms with Crippen LogP contribution >= 0.6 is 0 Å². The van der Waals surface area contributed by atoms with E-state index in [0.29, 0.717) is 17.0 Å². The molecule has 0 aliphatic carbocycles. The van der Waals surface area contributed by atoms with Crippen molar-refractivity contribution in [3.63, 3.8) is 0 Å². The Labute approximate surface area is 160 Å². The summed E-state index contributed by atoms with van der Waals surface area (Å²) in [4.78, 5) is 35.9. The number of aromatic amines is 1. The number of primary amides is 1. The molecule has 0 saturated carbocycles. The van der Waals surface area contributed by atoms with Crippen molar-refractivity contribution in [3.8, 4) is 11.1 Å². The second-order valence-electron chi connectivity index (χ2n) is 6.31. The maximum absolute atomic E-state index is 11.9. The second-order valence-corrected chi connectivity index (χ2v) is 6.31. The SMILES string of the molecule is CN(c1ccc(-c2ccc(C(N)=O)cc2)cc1)c1nc(=O)[nH]c2ncccc12. The number of nitrogens with zero attached hydrogens (tertiary/aromatic N) is 3. The quantitative estimate of drug-likeness (QED) is 0.574. The lowest BCUT2D eigenvalue weighted by Crippen LogP contribution is -2.19. The molecule has 0 spiro atoms. The van der Waals surface area contributed by atoms with Gasteiger partial charge in [0.15, 0.2) is 0 Å². The van der Waals surface area contributed by atoms with Crippen molar-refractivity contribution in [2.45, 2.75) is 0 Å². The summed E-state index contributed by atoms with van der Waals surface area (Å²) in [6.45, 7) is 0. The molecule has 0 aliphatic rings. The van der Waals surface area contributed by atoms with Crippen LogP contribution in [0.1, 0.15) is 10.4 Å². The first kappa shape index (κ1) is 17.4. The lowest BCUT2D eigenvalue weighted by molar-refractivity contribution is 0.100. The van der Waals surface area contributed by atoms with E-state index in [2.05, 4.69) is 15.0 Å². The highest BCUT2D eigenvalue weighted by Crippen LogP contribution is 2.28. The molecule has 3 N–H and O–H groups in total. The van der Waals surface area contributed by atoms with Crippen molar-refractivity contribution in [2.24, 2.45) is 5.73 Å². The van der Waals surface area contributed by atoms with E-state index in [0.717, 1.165) is 22.2 Å². The number of aromatic nitrogens is 3. The first-order valence-corrected chi connectivity index (χ1v) is 8.62. The van der Waals surface area contributed by atoms with Gasteiger partial charge in [-0.1, -0.05) is 24.3 Å². The fourth-order valence-electron chi connectivity index (χ4n) is 3.05. The van der Waals surface area contributed by atoms with Crippen LogP contribution in [0.4, 0.5) is 11.5 Å². The zero-order valence-electron chi connectivity index (χ0n) is 15.1. The number of hydrogen-bond donors (Lipinski definition) is 2. The maximum atomic E-state index is 11.9. The van der Waals surface area contributed by atoms with Gasteiger partial charge in [-0.3, -0.25) is 9.78 Å². The molecule has 2 heterocycles. The summed E-state index contributed by atoms with van der Waals surface area (Å²) in [6, 6.07) is 18.6. The van der Waals surface area contributed by atoms with E-state index in [9.17, 15) is 9.59 Å². The average molecular weight is 371 g/mol. The third kappa shape index (κ3) is 3.21. The highest BCUT2D eigenvalue weighted by molar-refractivity contribution is 5.93.